The van der Waals surface area contributed by atoms with Gasteiger partial charge in [0.05, 0.1) is 26.4 Å². The van der Waals surface area contributed by atoms with Crippen molar-refractivity contribution in [3.8, 4) is 0 Å². The molecule has 0 heterocycles. The van der Waals surface area contributed by atoms with Crippen molar-refractivity contribution >= 4 is 39.5 Å². The molecule has 0 aliphatic heterocycles. The van der Waals surface area contributed by atoms with Crippen molar-refractivity contribution in [1.29, 1.82) is 0 Å². The zero-order valence-corrected chi connectivity index (χ0v) is 62.2. The van der Waals surface area contributed by atoms with Gasteiger partial charge < -0.3 is 33.8 Å². The molecule has 19 heteroatoms. The lowest BCUT2D eigenvalue weighted by Crippen LogP contribution is -2.30. The van der Waals surface area contributed by atoms with Gasteiger partial charge in [-0.25, -0.2) is 9.13 Å². The minimum atomic E-state index is -4.95. The molecule has 93 heavy (non-hydrogen) atoms. The van der Waals surface area contributed by atoms with Crippen molar-refractivity contribution in [2.75, 3.05) is 39.6 Å². The minimum absolute atomic E-state index is 0.108. The van der Waals surface area contributed by atoms with Crippen LogP contribution in [-0.4, -0.2) is 96.7 Å². The molecular formula is C74H144O17P2. The average Bonchev–Trinajstić information content (AvgIpc) is 1.98. The van der Waals surface area contributed by atoms with Crippen molar-refractivity contribution in [1.82, 2.24) is 0 Å². The fourth-order valence-corrected chi connectivity index (χ4v) is 12.9. The Balaban J connectivity index is 5.22. The molecule has 0 aliphatic carbocycles. The highest BCUT2D eigenvalue weighted by atomic mass is 31.2. The fraction of sp³-hybridized carbons (Fsp3) is 0.946. The third-order valence-electron chi connectivity index (χ3n) is 17.6. The molecule has 0 radical (unpaired) electrons. The molecule has 0 saturated heterocycles. The van der Waals surface area contributed by atoms with Gasteiger partial charge in [0, 0.05) is 25.7 Å². The van der Waals surface area contributed by atoms with Crippen molar-refractivity contribution < 1.29 is 80.2 Å². The first-order valence-corrected chi connectivity index (χ1v) is 41.7. The Labute approximate surface area is 568 Å². The number of aliphatic hydroxyl groups is 1. The van der Waals surface area contributed by atoms with Gasteiger partial charge in [0.2, 0.25) is 0 Å². The first-order valence-electron chi connectivity index (χ1n) is 38.7. The van der Waals surface area contributed by atoms with Crippen LogP contribution in [0.25, 0.3) is 0 Å². The third kappa shape index (κ3) is 67.0. The normalized spacial score (nSPS) is 14.3. The largest absolute Gasteiger partial charge is 0.472 e. The number of phosphoric acid groups is 2. The van der Waals surface area contributed by atoms with E-state index in [0.717, 1.165) is 95.8 Å². The number of aliphatic hydroxyl groups excluding tert-OH is 1. The number of carbonyl (C=O) groups is 4. The maximum Gasteiger partial charge on any atom is 0.472 e. The fourth-order valence-electron chi connectivity index (χ4n) is 11.3. The average molecular weight is 1370 g/mol. The summed E-state index contributed by atoms with van der Waals surface area (Å²) in [5.41, 5.74) is 0. The maximum atomic E-state index is 13.1. The van der Waals surface area contributed by atoms with Crippen LogP contribution in [0.3, 0.4) is 0 Å². The first kappa shape index (κ1) is 91.1. The van der Waals surface area contributed by atoms with Crippen LogP contribution >= 0.6 is 15.6 Å². The minimum Gasteiger partial charge on any atom is -0.462 e. The Morgan fingerprint density at radius 3 is 0.763 bits per heavy atom. The summed E-state index contributed by atoms with van der Waals surface area (Å²) in [4.78, 5) is 72.7. The van der Waals surface area contributed by atoms with Gasteiger partial charge in [-0.15, -0.1) is 0 Å². The highest BCUT2D eigenvalue weighted by Gasteiger charge is 2.30. The highest BCUT2D eigenvalue weighted by molar-refractivity contribution is 7.47. The summed E-state index contributed by atoms with van der Waals surface area (Å²) < 4.78 is 68.4. The van der Waals surface area contributed by atoms with Crippen LogP contribution in [0, 0.1) is 5.92 Å². The van der Waals surface area contributed by atoms with Crippen LogP contribution in [0.15, 0.2) is 0 Å². The number of hydrogen-bond donors (Lipinski definition) is 3. The smallest absolute Gasteiger partial charge is 0.462 e. The summed E-state index contributed by atoms with van der Waals surface area (Å²) in [5.74, 6) is -1.27. The molecule has 0 saturated carbocycles. The standard InChI is InChI=1S/C74H144O17P2/c1-6-10-13-16-19-22-24-28-33-38-43-48-53-58-72(77)85-64-70(91-74(79)60-55-50-45-40-35-31-27-26-30-32-37-41-46-51-56-67(5)9-4)66-89-93(82,83)87-62-68(75)61-86-92(80,81)88-65-69(63-84-71(76)57-52-47-42-36-21-18-15-12-8-3)90-73(78)59-54-49-44-39-34-29-25-23-20-17-14-11-7-2/h67-70,75H,6-66H2,1-5H3,(H,80,81)(H,82,83)/t67?,68-,69+,70+/m0/s1. The van der Waals surface area contributed by atoms with E-state index in [1.807, 2.05) is 0 Å². The molecule has 0 aromatic rings. The summed E-state index contributed by atoms with van der Waals surface area (Å²) in [5, 5.41) is 10.6. The number of ether oxygens (including phenoxy) is 4. The number of esters is 4. The second kappa shape index (κ2) is 67.3. The number of rotatable bonds is 74. The molecule has 0 aromatic heterocycles. The zero-order valence-electron chi connectivity index (χ0n) is 60.4. The summed E-state index contributed by atoms with van der Waals surface area (Å²) in [6, 6.07) is 0. The maximum absolute atomic E-state index is 13.1. The Bertz CT molecular complexity index is 1790. The van der Waals surface area contributed by atoms with E-state index in [2.05, 4.69) is 34.6 Å². The van der Waals surface area contributed by atoms with Crippen LogP contribution < -0.4 is 0 Å². The number of phosphoric ester groups is 2. The number of hydrogen-bond acceptors (Lipinski definition) is 15. The predicted octanol–water partition coefficient (Wildman–Crippen LogP) is 21.7. The molecule has 0 spiro atoms. The van der Waals surface area contributed by atoms with Gasteiger partial charge >= 0.3 is 39.5 Å². The van der Waals surface area contributed by atoms with Gasteiger partial charge in [-0.3, -0.25) is 37.3 Å². The number of unbranched alkanes of at least 4 members (excludes halogenated alkanes) is 45. The summed E-state index contributed by atoms with van der Waals surface area (Å²) in [6.45, 7) is 7.32. The van der Waals surface area contributed by atoms with Crippen LogP contribution in [0.1, 0.15) is 388 Å². The molecule has 0 aliphatic rings. The van der Waals surface area contributed by atoms with Gasteiger partial charge in [-0.2, -0.15) is 0 Å². The van der Waals surface area contributed by atoms with E-state index in [4.69, 9.17) is 37.0 Å². The van der Waals surface area contributed by atoms with Crippen molar-refractivity contribution in [3.63, 3.8) is 0 Å². The van der Waals surface area contributed by atoms with Crippen molar-refractivity contribution in [3.05, 3.63) is 0 Å². The van der Waals surface area contributed by atoms with Gasteiger partial charge in [0.25, 0.3) is 0 Å². The molecule has 6 atom stereocenters. The monoisotopic (exact) mass is 1370 g/mol. The van der Waals surface area contributed by atoms with E-state index in [-0.39, 0.29) is 25.7 Å². The zero-order chi connectivity index (χ0) is 68.4. The third-order valence-corrected chi connectivity index (χ3v) is 19.5. The van der Waals surface area contributed by atoms with Crippen LogP contribution in [-0.2, 0) is 65.4 Å². The molecule has 0 rings (SSSR count). The summed E-state index contributed by atoms with van der Waals surface area (Å²) in [6.07, 6.45) is 55.3. The van der Waals surface area contributed by atoms with Crippen molar-refractivity contribution in [2.24, 2.45) is 5.92 Å². The quantitative estimate of drug-likeness (QED) is 0.0222. The Morgan fingerprint density at radius 2 is 0.516 bits per heavy atom. The van der Waals surface area contributed by atoms with E-state index in [1.54, 1.807) is 0 Å². The van der Waals surface area contributed by atoms with Crippen LogP contribution in [0.4, 0.5) is 0 Å². The Hall–Kier alpha value is -1.94. The predicted molar refractivity (Wildman–Crippen MR) is 377 cm³/mol. The molecule has 0 bridgehead atoms. The second-order valence-electron chi connectivity index (χ2n) is 26.9. The molecule has 3 N–H and O–H groups in total. The molecular weight excluding hydrogens is 1220 g/mol. The van der Waals surface area contributed by atoms with Crippen molar-refractivity contribution in [2.45, 2.75) is 406 Å². The van der Waals surface area contributed by atoms with Gasteiger partial charge in [-0.1, -0.05) is 336 Å². The molecule has 0 fully saturated rings. The van der Waals surface area contributed by atoms with E-state index >= 15 is 0 Å². The summed E-state index contributed by atoms with van der Waals surface area (Å²) >= 11 is 0. The van der Waals surface area contributed by atoms with Gasteiger partial charge in [-0.05, 0) is 31.6 Å². The molecule has 0 amide bonds. The summed E-state index contributed by atoms with van der Waals surface area (Å²) in [7, 11) is -9.90. The lowest BCUT2D eigenvalue weighted by atomic mass is 9.99. The van der Waals surface area contributed by atoms with Gasteiger partial charge in [0.15, 0.2) is 12.2 Å². The lowest BCUT2D eigenvalue weighted by molar-refractivity contribution is -0.161. The molecule has 552 valence electrons. The van der Waals surface area contributed by atoms with E-state index in [0.29, 0.717) is 25.7 Å². The van der Waals surface area contributed by atoms with E-state index in [1.165, 1.54) is 212 Å². The Morgan fingerprint density at radius 1 is 0.301 bits per heavy atom. The van der Waals surface area contributed by atoms with E-state index < -0.39 is 97.5 Å². The molecule has 3 unspecified atom stereocenters. The van der Waals surface area contributed by atoms with Crippen LogP contribution in [0.2, 0.25) is 0 Å². The lowest BCUT2D eigenvalue weighted by Gasteiger charge is -2.21. The first-order chi connectivity index (χ1) is 45.1. The molecule has 0 aromatic carbocycles. The Kier molecular flexibility index (Phi) is 65.9. The SMILES string of the molecule is CCCCCCCCCCCCCCCC(=O)OC[C@H](COP(=O)(O)OC[C@@H](O)COP(=O)(O)OC[C@@H](COC(=O)CCCCCCCCCCC)OC(=O)CCCCCCCCCCCCCCC)OC(=O)CCCCCCCCCCCCCCCCC(C)CC. The topological polar surface area (TPSA) is 237 Å². The second-order valence-corrected chi connectivity index (χ2v) is 29.8. The number of carbonyl (C=O) groups excluding carboxylic acids is 4. The molecule has 17 nitrogen and oxygen atoms in total. The van der Waals surface area contributed by atoms with Crippen LogP contribution in [0.5, 0.6) is 0 Å². The van der Waals surface area contributed by atoms with E-state index in [9.17, 15) is 43.2 Å². The highest BCUT2D eigenvalue weighted by Crippen LogP contribution is 2.45. The van der Waals surface area contributed by atoms with Gasteiger partial charge in [0.1, 0.15) is 19.3 Å².